The van der Waals surface area contributed by atoms with Gasteiger partial charge in [0, 0.05) is 43.3 Å². The lowest BCUT2D eigenvalue weighted by atomic mass is 10.1. The first-order valence-corrected chi connectivity index (χ1v) is 14.3. The molecule has 1 unspecified atom stereocenters. The fraction of sp³-hybridized carbons (Fsp3) is 0.333. The summed E-state index contributed by atoms with van der Waals surface area (Å²) in [6.07, 6.45) is 4.46. The molecule has 4 aromatic rings. The van der Waals surface area contributed by atoms with Crippen LogP contribution in [0.5, 0.6) is 0 Å². The molecule has 1 aliphatic heterocycles. The van der Waals surface area contributed by atoms with Crippen LogP contribution < -0.4 is 10.6 Å². The minimum Gasteiger partial charge on any atom is -0.389 e. The lowest BCUT2D eigenvalue weighted by Crippen LogP contribution is -2.37. The Morgan fingerprint density at radius 1 is 1.24 bits per heavy atom. The average Bonchev–Trinajstić information content (AvgIpc) is 3.67. The van der Waals surface area contributed by atoms with Crippen molar-refractivity contribution in [3.05, 3.63) is 77.7 Å². The molecule has 0 bridgehead atoms. The number of nitrogens with one attached hydrogen (secondary N) is 2. The maximum Gasteiger partial charge on any atom is 0.268 e. The lowest BCUT2D eigenvalue weighted by Gasteiger charge is -2.24. The zero-order chi connectivity index (χ0) is 29.1. The highest BCUT2D eigenvalue weighted by Gasteiger charge is 2.29. The van der Waals surface area contributed by atoms with Crippen molar-refractivity contribution in [2.75, 3.05) is 18.4 Å². The molecule has 9 nitrogen and oxygen atoms in total. The van der Waals surface area contributed by atoms with Gasteiger partial charge in [0.05, 0.1) is 27.6 Å². The van der Waals surface area contributed by atoms with E-state index in [1.807, 2.05) is 27.7 Å². The quantitative estimate of drug-likeness (QED) is 0.188. The number of anilines is 1. The van der Waals surface area contributed by atoms with Crippen LogP contribution in [0, 0.1) is 5.95 Å². The first-order chi connectivity index (χ1) is 19.6. The Hall–Kier alpha value is -3.93. The summed E-state index contributed by atoms with van der Waals surface area (Å²) in [5, 5.41) is 16.2. The van der Waals surface area contributed by atoms with Crippen LogP contribution in [0.2, 0.25) is 0 Å². The number of likely N-dealkylation sites (tertiary alicyclic amines) is 1. The second kappa shape index (κ2) is 11.9. The van der Waals surface area contributed by atoms with Crippen molar-refractivity contribution in [3.63, 3.8) is 0 Å². The summed E-state index contributed by atoms with van der Waals surface area (Å²) in [4.78, 5) is 37.2. The first-order valence-electron chi connectivity index (χ1n) is 13.5. The number of halogens is 1. The molecule has 41 heavy (non-hydrogen) atoms. The summed E-state index contributed by atoms with van der Waals surface area (Å²) >= 11 is 1.25. The number of carbonyl (C=O) groups is 2. The molecule has 0 saturated carbocycles. The number of nitrogens with zero attached hydrogens (tertiary/aromatic N) is 4. The Morgan fingerprint density at radius 3 is 2.83 bits per heavy atom. The number of pyridine rings is 1. The molecule has 1 aliphatic rings. The van der Waals surface area contributed by atoms with Crippen molar-refractivity contribution in [2.45, 2.75) is 51.4 Å². The second-order valence-electron chi connectivity index (χ2n) is 10.8. The largest absolute Gasteiger partial charge is 0.389 e. The van der Waals surface area contributed by atoms with Gasteiger partial charge in [-0.05, 0) is 74.2 Å². The van der Waals surface area contributed by atoms with Gasteiger partial charge in [-0.2, -0.15) is 4.39 Å². The molecule has 1 atom stereocenters. The highest BCUT2D eigenvalue weighted by atomic mass is 32.1. The van der Waals surface area contributed by atoms with Crippen molar-refractivity contribution in [1.82, 2.24) is 24.8 Å². The van der Waals surface area contributed by atoms with Crippen molar-refractivity contribution in [3.8, 4) is 10.4 Å². The number of aromatic nitrogens is 3. The van der Waals surface area contributed by atoms with E-state index < -0.39 is 11.5 Å². The molecule has 0 spiro atoms. The Kier molecular flexibility index (Phi) is 8.30. The highest BCUT2D eigenvalue weighted by Crippen LogP contribution is 2.30. The number of fused-ring (bicyclic) bond motifs is 1. The number of amides is 2. The van der Waals surface area contributed by atoms with Crippen molar-refractivity contribution < 1.29 is 19.1 Å². The van der Waals surface area contributed by atoms with Crippen LogP contribution in [0.3, 0.4) is 0 Å². The van der Waals surface area contributed by atoms with Crippen LogP contribution in [-0.4, -0.2) is 61.1 Å². The maximum atomic E-state index is 13.6. The number of thiophene rings is 1. The Labute approximate surface area is 241 Å². The van der Waals surface area contributed by atoms with E-state index in [9.17, 15) is 19.1 Å². The summed E-state index contributed by atoms with van der Waals surface area (Å²) in [5.41, 5.74) is 2.35. The molecular formula is C30H33FN6O3S. The van der Waals surface area contributed by atoms with E-state index in [4.69, 9.17) is 4.98 Å². The van der Waals surface area contributed by atoms with Crippen LogP contribution in [0.1, 0.15) is 41.9 Å². The number of aliphatic hydroxyl groups is 1. The van der Waals surface area contributed by atoms with Crippen LogP contribution in [0.25, 0.3) is 21.5 Å². The molecule has 1 fully saturated rings. The smallest absolute Gasteiger partial charge is 0.268 e. The highest BCUT2D eigenvalue weighted by molar-refractivity contribution is 7.17. The van der Waals surface area contributed by atoms with E-state index in [0.29, 0.717) is 48.1 Å². The van der Waals surface area contributed by atoms with Gasteiger partial charge in [-0.15, -0.1) is 11.3 Å². The Bertz CT molecular complexity index is 1590. The van der Waals surface area contributed by atoms with Gasteiger partial charge < -0.3 is 19.9 Å². The molecule has 214 valence electrons. The lowest BCUT2D eigenvalue weighted by molar-refractivity contribution is -0.126. The monoisotopic (exact) mass is 576 g/mol. The number of carbonyl (C=O) groups excluding carboxylic acids is 2. The van der Waals surface area contributed by atoms with Gasteiger partial charge in [0.1, 0.15) is 0 Å². The minimum absolute atomic E-state index is 0.0587. The molecule has 0 radical (unpaired) electrons. The summed E-state index contributed by atoms with van der Waals surface area (Å²) in [6.45, 7) is 9.24. The standard InChI is InChI=1S/C30H33FN6O3S/c1-4-27(38)36-13-5-6-21(36)17-37-23-8-7-19(16-32-18-30(2,3)40)14-22(23)34-29(37)35-28(39)25-10-9-24(41-25)20-11-12-33-26(31)15-20/h4,7-12,14-15,21,32,40H,1,5-6,13,16-18H2,2-3H3,(H,34,35,39). The van der Waals surface area contributed by atoms with Gasteiger partial charge in [-0.25, -0.2) is 9.97 Å². The SMILES string of the molecule is C=CC(=O)N1CCCC1Cn1c(NC(=O)c2ccc(-c3ccnc(F)c3)s2)nc2cc(CNCC(C)(C)O)ccc21. The van der Waals surface area contributed by atoms with Gasteiger partial charge in [-0.1, -0.05) is 12.6 Å². The van der Waals surface area contributed by atoms with E-state index in [0.717, 1.165) is 28.8 Å². The van der Waals surface area contributed by atoms with E-state index in [-0.39, 0.29) is 17.9 Å². The molecule has 1 aromatic carbocycles. The Morgan fingerprint density at radius 2 is 2.07 bits per heavy atom. The zero-order valence-electron chi connectivity index (χ0n) is 23.1. The summed E-state index contributed by atoms with van der Waals surface area (Å²) in [5.74, 6) is -0.637. The average molecular weight is 577 g/mol. The molecule has 11 heteroatoms. The third-order valence-corrected chi connectivity index (χ3v) is 8.13. The molecule has 5 rings (SSSR count). The molecule has 4 heterocycles. The third kappa shape index (κ3) is 6.70. The van der Waals surface area contributed by atoms with Gasteiger partial charge in [0.15, 0.2) is 0 Å². The maximum absolute atomic E-state index is 13.6. The van der Waals surface area contributed by atoms with Gasteiger partial charge in [0.25, 0.3) is 5.91 Å². The first kappa shape index (κ1) is 28.6. The number of imidazole rings is 1. The van der Waals surface area contributed by atoms with Crippen LogP contribution >= 0.6 is 11.3 Å². The van der Waals surface area contributed by atoms with Gasteiger partial charge >= 0.3 is 0 Å². The third-order valence-electron chi connectivity index (χ3n) is 6.99. The molecular weight excluding hydrogens is 543 g/mol. The molecule has 3 aromatic heterocycles. The van der Waals surface area contributed by atoms with E-state index >= 15 is 0 Å². The second-order valence-corrected chi connectivity index (χ2v) is 11.9. The molecule has 2 amide bonds. The van der Waals surface area contributed by atoms with E-state index in [2.05, 4.69) is 22.2 Å². The summed E-state index contributed by atoms with van der Waals surface area (Å²) < 4.78 is 15.6. The van der Waals surface area contributed by atoms with Crippen molar-refractivity contribution in [2.24, 2.45) is 0 Å². The van der Waals surface area contributed by atoms with Crippen molar-refractivity contribution >= 4 is 40.1 Å². The van der Waals surface area contributed by atoms with Gasteiger partial charge in [0.2, 0.25) is 17.8 Å². The number of benzene rings is 1. The fourth-order valence-corrected chi connectivity index (χ4v) is 5.95. The van der Waals surface area contributed by atoms with Crippen LogP contribution in [0.15, 0.2) is 61.3 Å². The number of hydrogen-bond donors (Lipinski definition) is 3. The number of hydrogen-bond acceptors (Lipinski definition) is 7. The summed E-state index contributed by atoms with van der Waals surface area (Å²) in [6, 6.07) is 12.4. The molecule has 0 aliphatic carbocycles. The fourth-order valence-electron chi connectivity index (χ4n) is 5.06. The normalized spacial score (nSPS) is 15.4. The van der Waals surface area contributed by atoms with E-state index in [1.54, 1.807) is 32.0 Å². The predicted molar refractivity (Wildman–Crippen MR) is 158 cm³/mol. The predicted octanol–water partition coefficient (Wildman–Crippen LogP) is 4.59. The Balaban J connectivity index is 1.43. The topological polar surface area (TPSA) is 112 Å². The van der Waals surface area contributed by atoms with Gasteiger partial charge in [-0.3, -0.25) is 14.9 Å². The van der Waals surface area contributed by atoms with Crippen molar-refractivity contribution in [1.29, 1.82) is 0 Å². The minimum atomic E-state index is -0.827. The molecule has 3 N–H and O–H groups in total. The van der Waals surface area contributed by atoms with E-state index in [1.165, 1.54) is 29.7 Å². The van der Waals surface area contributed by atoms with Crippen LogP contribution in [-0.2, 0) is 17.9 Å². The summed E-state index contributed by atoms with van der Waals surface area (Å²) in [7, 11) is 0. The van der Waals surface area contributed by atoms with Crippen LogP contribution in [0.4, 0.5) is 10.3 Å². The number of rotatable bonds is 10. The zero-order valence-corrected chi connectivity index (χ0v) is 23.9. The molecule has 1 saturated heterocycles.